The molecule has 3 rings (SSSR count). The van der Waals surface area contributed by atoms with Gasteiger partial charge in [0.2, 0.25) is 11.1 Å². The Bertz CT molecular complexity index is 693. The largest absolute Gasteiger partial charge is 0.222 e. The molecule has 0 aliphatic carbocycles. The fourth-order valence-electron chi connectivity index (χ4n) is 2.00. The van der Waals surface area contributed by atoms with Gasteiger partial charge in [-0.25, -0.2) is 9.27 Å². The molecular weight excluding hydrogens is 294 g/mol. The number of rotatable bonds is 5. The van der Waals surface area contributed by atoms with Crippen molar-refractivity contribution in [1.29, 1.82) is 0 Å². The first kappa shape index (κ1) is 14.5. The molecule has 0 bridgehead atoms. The van der Waals surface area contributed by atoms with Gasteiger partial charge >= 0.3 is 0 Å². The second-order valence-electron chi connectivity index (χ2n) is 4.59. The van der Waals surface area contributed by atoms with Gasteiger partial charge in [0, 0.05) is 0 Å². The van der Waals surface area contributed by atoms with Gasteiger partial charge in [-0.15, -0.1) is 0 Å². The van der Waals surface area contributed by atoms with E-state index in [0.29, 0.717) is 4.90 Å². The SMILES string of the molecule is O=S(ON(c1ccccc1)c1ccccc1)c1ccccc1. The smallest absolute Gasteiger partial charge is 0.212 e. The highest BCUT2D eigenvalue weighted by atomic mass is 32.2. The zero-order valence-electron chi connectivity index (χ0n) is 11.8. The molecule has 0 spiro atoms. The highest BCUT2D eigenvalue weighted by Crippen LogP contribution is 2.27. The highest BCUT2D eigenvalue weighted by molar-refractivity contribution is 7.80. The summed E-state index contributed by atoms with van der Waals surface area (Å²) in [5.74, 6) is 0. The van der Waals surface area contributed by atoms with Crippen molar-refractivity contribution in [2.75, 3.05) is 5.06 Å². The van der Waals surface area contributed by atoms with Gasteiger partial charge in [-0.1, -0.05) is 54.6 Å². The number of anilines is 2. The van der Waals surface area contributed by atoms with Crippen molar-refractivity contribution < 1.29 is 8.49 Å². The summed E-state index contributed by atoms with van der Waals surface area (Å²) in [6.07, 6.45) is 0. The van der Waals surface area contributed by atoms with E-state index < -0.39 is 11.1 Å². The highest BCUT2D eigenvalue weighted by Gasteiger charge is 2.15. The molecule has 110 valence electrons. The van der Waals surface area contributed by atoms with Gasteiger partial charge in [0.05, 0.1) is 16.3 Å². The molecule has 0 fully saturated rings. The van der Waals surface area contributed by atoms with Crippen LogP contribution in [0.3, 0.4) is 0 Å². The minimum atomic E-state index is -1.59. The Kier molecular flexibility index (Phi) is 4.63. The Labute approximate surface area is 132 Å². The molecule has 0 radical (unpaired) electrons. The van der Waals surface area contributed by atoms with E-state index in [0.717, 1.165) is 11.4 Å². The van der Waals surface area contributed by atoms with Crippen LogP contribution in [0.25, 0.3) is 0 Å². The maximum absolute atomic E-state index is 12.4. The third-order valence-electron chi connectivity index (χ3n) is 3.06. The van der Waals surface area contributed by atoms with E-state index >= 15 is 0 Å². The maximum atomic E-state index is 12.4. The molecule has 0 aliphatic rings. The standard InChI is InChI=1S/C18H15NO2S/c20-22(18-14-8-3-9-15-18)21-19(16-10-4-1-5-11-16)17-12-6-2-7-13-17/h1-15H. The van der Waals surface area contributed by atoms with Gasteiger partial charge in [0.15, 0.2) is 0 Å². The number of hydrogen-bond donors (Lipinski definition) is 0. The van der Waals surface area contributed by atoms with Crippen LogP contribution in [0, 0.1) is 0 Å². The van der Waals surface area contributed by atoms with Crippen LogP contribution < -0.4 is 5.06 Å². The van der Waals surface area contributed by atoms with Gasteiger partial charge in [0.1, 0.15) is 0 Å². The predicted molar refractivity (Wildman–Crippen MR) is 89.0 cm³/mol. The average Bonchev–Trinajstić information content (AvgIpc) is 2.62. The average molecular weight is 309 g/mol. The van der Waals surface area contributed by atoms with Crippen LogP contribution in [0.2, 0.25) is 0 Å². The Balaban J connectivity index is 1.91. The molecule has 3 aromatic rings. The molecule has 0 amide bonds. The Morgan fingerprint density at radius 3 is 1.50 bits per heavy atom. The summed E-state index contributed by atoms with van der Waals surface area (Å²) in [5, 5.41) is 1.59. The molecule has 1 atom stereocenters. The molecule has 0 saturated heterocycles. The maximum Gasteiger partial charge on any atom is 0.212 e. The minimum Gasteiger partial charge on any atom is -0.222 e. The van der Waals surface area contributed by atoms with Crippen LogP contribution >= 0.6 is 0 Å². The number of benzene rings is 3. The second kappa shape index (κ2) is 7.02. The first-order chi connectivity index (χ1) is 10.8. The predicted octanol–water partition coefficient (Wildman–Crippen LogP) is 4.48. The second-order valence-corrected chi connectivity index (χ2v) is 5.68. The van der Waals surface area contributed by atoms with Crippen LogP contribution in [0.1, 0.15) is 0 Å². The monoisotopic (exact) mass is 309 g/mol. The molecule has 0 saturated carbocycles. The van der Waals surface area contributed by atoms with E-state index in [1.54, 1.807) is 17.2 Å². The molecule has 3 nitrogen and oxygen atoms in total. The van der Waals surface area contributed by atoms with Crippen LogP contribution in [0.4, 0.5) is 11.4 Å². The van der Waals surface area contributed by atoms with Crippen molar-refractivity contribution in [3.8, 4) is 0 Å². The minimum absolute atomic E-state index is 0.624. The van der Waals surface area contributed by atoms with Crippen LogP contribution in [0.5, 0.6) is 0 Å². The lowest BCUT2D eigenvalue weighted by atomic mass is 10.2. The molecular formula is C18H15NO2S. The summed E-state index contributed by atoms with van der Waals surface area (Å²) in [7, 11) is 0. The molecule has 0 aliphatic heterocycles. The molecule has 3 aromatic carbocycles. The van der Waals surface area contributed by atoms with Crippen molar-refractivity contribution in [2.45, 2.75) is 4.90 Å². The van der Waals surface area contributed by atoms with Crippen LogP contribution in [0.15, 0.2) is 95.9 Å². The third-order valence-corrected chi connectivity index (χ3v) is 4.00. The number of nitrogens with zero attached hydrogens (tertiary/aromatic N) is 1. The first-order valence-corrected chi connectivity index (χ1v) is 7.97. The zero-order valence-corrected chi connectivity index (χ0v) is 12.6. The van der Waals surface area contributed by atoms with Crippen molar-refractivity contribution in [3.63, 3.8) is 0 Å². The molecule has 0 aromatic heterocycles. The fourth-order valence-corrected chi connectivity index (χ4v) is 2.78. The summed E-state index contributed by atoms with van der Waals surface area (Å²) in [6, 6.07) is 28.3. The van der Waals surface area contributed by atoms with E-state index in [9.17, 15) is 4.21 Å². The Morgan fingerprint density at radius 1 is 0.636 bits per heavy atom. The zero-order chi connectivity index (χ0) is 15.2. The summed E-state index contributed by atoms with van der Waals surface area (Å²) < 4.78 is 18.2. The molecule has 1 unspecified atom stereocenters. The van der Waals surface area contributed by atoms with Crippen molar-refractivity contribution in [3.05, 3.63) is 91.0 Å². The first-order valence-electron chi connectivity index (χ1n) is 6.90. The van der Waals surface area contributed by atoms with Crippen molar-refractivity contribution >= 4 is 22.5 Å². The van der Waals surface area contributed by atoms with Crippen molar-refractivity contribution in [1.82, 2.24) is 0 Å². The van der Waals surface area contributed by atoms with Gasteiger partial charge in [-0.2, -0.15) is 4.28 Å². The molecule has 0 heterocycles. The van der Waals surface area contributed by atoms with E-state index in [4.69, 9.17) is 4.28 Å². The van der Waals surface area contributed by atoms with Gasteiger partial charge in [-0.05, 0) is 36.4 Å². The lowest BCUT2D eigenvalue weighted by Crippen LogP contribution is -2.19. The summed E-state index contributed by atoms with van der Waals surface area (Å²) in [4.78, 5) is 0.624. The van der Waals surface area contributed by atoms with Crippen LogP contribution in [-0.4, -0.2) is 4.21 Å². The summed E-state index contributed by atoms with van der Waals surface area (Å²) in [6.45, 7) is 0. The Morgan fingerprint density at radius 2 is 1.05 bits per heavy atom. The third kappa shape index (κ3) is 3.42. The molecule has 0 N–H and O–H groups in total. The van der Waals surface area contributed by atoms with E-state index in [2.05, 4.69) is 0 Å². The molecule has 22 heavy (non-hydrogen) atoms. The lowest BCUT2D eigenvalue weighted by molar-refractivity contribution is 0.355. The molecule has 4 heteroatoms. The summed E-state index contributed by atoms with van der Waals surface area (Å²) in [5.41, 5.74) is 1.64. The summed E-state index contributed by atoms with van der Waals surface area (Å²) >= 11 is -1.59. The topological polar surface area (TPSA) is 29.5 Å². The van der Waals surface area contributed by atoms with E-state index in [1.807, 2.05) is 78.9 Å². The van der Waals surface area contributed by atoms with E-state index in [1.165, 1.54) is 0 Å². The fraction of sp³-hybridized carbons (Fsp3) is 0. The van der Waals surface area contributed by atoms with Crippen LogP contribution in [-0.2, 0) is 15.4 Å². The van der Waals surface area contributed by atoms with Gasteiger partial charge in [-0.3, -0.25) is 0 Å². The lowest BCUT2D eigenvalue weighted by Gasteiger charge is -2.22. The number of hydrogen-bond acceptors (Lipinski definition) is 3. The normalized spacial score (nSPS) is 11.8. The van der Waals surface area contributed by atoms with Gasteiger partial charge in [0.25, 0.3) is 0 Å². The quantitative estimate of drug-likeness (QED) is 0.651. The van der Waals surface area contributed by atoms with Gasteiger partial charge < -0.3 is 0 Å². The Hall–Kier alpha value is -2.43. The number of para-hydroxylation sites is 2. The van der Waals surface area contributed by atoms with E-state index in [-0.39, 0.29) is 0 Å². The van der Waals surface area contributed by atoms with Crippen molar-refractivity contribution in [2.24, 2.45) is 0 Å².